The van der Waals surface area contributed by atoms with Gasteiger partial charge in [0.15, 0.2) is 5.82 Å². The quantitative estimate of drug-likeness (QED) is 0.615. The largest absolute Gasteiger partial charge is 0.353 e. The molecule has 1 aliphatic carbocycles. The Bertz CT molecular complexity index is 742. The van der Waals surface area contributed by atoms with Crippen LogP contribution in [0.2, 0.25) is 5.02 Å². The molecule has 134 valence electrons. The number of nitrogen functional groups attached to an aromatic ring is 1. The number of hydrogen-bond acceptors (Lipinski definition) is 5. The number of aromatic nitrogens is 3. The molecule has 1 heterocycles. The lowest BCUT2D eigenvalue weighted by Crippen LogP contribution is -2.38. The normalized spacial score (nSPS) is 20.4. The Morgan fingerprint density at radius 2 is 2.12 bits per heavy atom. The van der Waals surface area contributed by atoms with Gasteiger partial charge in [-0.2, -0.15) is 0 Å². The first-order chi connectivity index (χ1) is 12.0. The highest BCUT2D eigenvalue weighted by Gasteiger charge is 2.20. The molecule has 1 aliphatic rings. The third-order valence-electron chi connectivity index (χ3n) is 4.46. The summed E-state index contributed by atoms with van der Waals surface area (Å²) in [7, 11) is 0. The van der Waals surface area contributed by atoms with Crippen molar-refractivity contribution in [2.75, 3.05) is 11.6 Å². The number of halogens is 1. The van der Waals surface area contributed by atoms with E-state index in [-0.39, 0.29) is 11.7 Å². The average molecular weight is 380 g/mol. The first kappa shape index (κ1) is 18.1. The maximum Gasteiger partial charge on any atom is 0.230 e. The van der Waals surface area contributed by atoms with Gasteiger partial charge in [-0.15, -0.1) is 10.2 Å². The van der Waals surface area contributed by atoms with E-state index < -0.39 is 0 Å². The van der Waals surface area contributed by atoms with E-state index in [0.717, 1.165) is 24.3 Å². The van der Waals surface area contributed by atoms with E-state index >= 15 is 0 Å². The molecule has 0 unspecified atom stereocenters. The molecule has 8 heteroatoms. The summed E-state index contributed by atoms with van der Waals surface area (Å²) < 4.78 is 1.39. The van der Waals surface area contributed by atoms with E-state index in [1.54, 1.807) is 12.1 Å². The zero-order chi connectivity index (χ0) is 17.8. The first-order valence-electron chi connectivity index (χ1n) is 8.41. The summed E-state index contributed by atoms with van der Waals surface area (Å²) in [5.41, 5.74) is 0.787. The fourth-order valence-electron chi connectivity index (χ4n) is 3.00. The minimum Gasteiger partial charge on any atom is -0.353 e. The Hall–Kier alpha value is -1.73. The molecule has 2 aromatic rings. The maximum absolute atomic E-state index is 12.2. The molecule has 0 spiro atoms. The van der Waals surface area contributed by atoms with Gasteiger partial charge in [-0.3, -0.25) is 4.79 Å². The van der Waals surface area contributed by atoms with Gasteiger partial charge in [0.25, 0.3) is 0 Å². The molecule has 1 fully saturated rings. The number of rotatable bonds is 5. The van der Waals surface area contributed by atoms with Crippen LogP contribution in [0.3, 0.4) is 0 Å². The SMILES string of the molecule is CC1CCC(NC(=O)CSc2nnc(-c3cccc(Cl)c3)n2N)CC1. The smallest absolute Gasteiger partial charge is 0.230 e. The van der Waals surface area contributed by atoms with Gasteiger partial charge in [0.1, 0.15) is 0 Å². The molecule has 1 aromatic heterocycles. The molecule has 1 amide bonds. The summed E-state index contributed by atoms with van der Waals surface area (Å²) in [6.07, 6.45) is 4.48. The Balaban J connectivity index is 1.56. The number of benzene rings is 1. The van der Waals surface area contributed by atoms with E-state index in [2.05, 4.69) is 22.4 Å². The molecule has 25 heavy (non-hydrogen) atoms. The van der Waals surface area contributed by atoms with E-state index in [0.29, 0.717) is 22.0 Å². The van der Waals surface area contributed by atoms with Gasteiger partial charge in [0.05, 0.1) is 5.75 Å². The molecule has 1 aromatic carbocycles. The summed E-state index contributed by atoms with van der Waals surface area (Å²) in [4.78, 5) is 12.2. The lowest BCUT2D eigenvalue weighted by Gasteiger charge is -2.26. The predicted octanol–water partition coefficient (Wildman–Crippen LogP) is 3.10. The second kappa shape index (κ2) is 8.10. The van der Waals surface area contributed by atoms with Gasteiger partial charge in [0.2, 0.25) is 11.1 Å². The van der Waals surface area contributed by atoms with Gasteiger partial charge in [0, 0.05) is 16.6 Å². The van der Waals surface area contributed by atoms with Gasteiger partial charge in [-0.05, 0) is 43.7 Å². The minimum absolute atomic E-state index is 0.0110. The molecule has 6 nitrogen and oxygen atoms in total. The van der Waals surface area contributed by atoms with E-state index in [9.17, 15) is 4.79 Å². The lowest BCUT2D eigenvalue weighted by atomic mass is 9.87. The van der Waals surface area contributed by atoms with E-state index in [1.165, 1.54) is 29.3 Å². The van der Waals surface area contributed by atoms with Crippen molar-refractivity contribution in [3.05, 3.63) is 29.3 Å². The van der Waals surface area contributed by atoms with Crippen LogP contribution in [0.25, 0.3) is 11.4 Å². The number of nitrogens with zero attached hydrogens (tertiary/aromatic N) is 3. The van der Waals surface area contributed by atoms with Gasteiger partial charge in [-0.1, -0.05) is 42.4 Å². The van der Waals surface area contributed by atoms with Crippen molar-refractivity contribution in [3.63, 3.8) is 0 Å². The highest BCUT2D eigenvalue weighted by Crippen LogP contribution is 2.25. The van der Waals surface area contributed by atoms with Crippen molar-refractivity contribution in [1.82, 2.24) is 20.2 Å². The van der Waals surface area contributed by atoms with Crippen LogP contribution in [-0.2, 0) is 4.79 Å². The maximum atomic E-state index is 12.2. The summed E-state index contributed by atoms with van der Waals surface area (Å²) in [5, 5.41) is 12.4. The van der Waals surface area contributed by atoms with Crippen molar-refractivity contribution in [1.29, 1.82) is 0 Å². The molecule has 0 saturated heterocycles. The zero-order valence-corrected chi connectivity index (χ0v) is 15.7. The number of hydrogen-bond donors (Lipinski definition) is 2. The monoisotopic (exact) mass is 379 g/mol. The van der Waals surface area contributed by atoms with Gasteiger partial charge < -0.3 is 11.2 Å². The second-order valence-electron chi connectivity index (χ2n) is 6.50. The number of thioether (sulfide) groups is 1. The Morgan fingerprint density at radius 3 is 2.84 bits per heavy atom. The van der Waals surface area contributed by atoms with Crippen molar-refractivity contribution in [3.8, 4) is 11.4 Å². The van der Waals surface area contributed by atoms with Crippen LogP contribution < -0.4 is 11.2 Å². The Labute approximate surface area is 156 Å². The van der Waals surface area contributed by atoms with Crippen molar-refractivity contribution in [2.45, 2.75) is 43.8 Å². The molecule has 0 radical (unpaired) electrons. The van der Waals surface area contributed by atoms with Crippen molar-refractivity contribution >= 4 is 29.3 Å². The van der Waals surface area contributed by atoms with Crippen molar-refractivity contribution < 1.29 is 4.79 Å². The van der Waals surface area contributed by atoms with Crippen LogP contribution in [0.15, 0.2) is 29.4 Å². The number of carbonyl (C=O) groups is 1. The van der Waals surface area contributed by atoms with Crippen LogP contribution >= 0.6 is 23.4 Å². The second-order valence-corrected chi connectivity index (χ2v) is 7.88. The van der Waals surface area contributed by atoms with Crippen molar-refractivity contribution in [2.24, 2.45) is 5.92 Å². The van der Waals surface area contributed by atoms with Crippen LogP contribution in [-0.4, -0.2) is 32.6 Å². The third kappa shape index (κ3) is 4.67. The molecule has 0 aliphatic heterocycles. The molecule has 0 bridgehead atoms. The average Bonchev–Trinajstić information content (AvgIpc) is 2.96. The molecule has 3 rings (SSSR count). The molecular weight excluding hydrogens is 358 g/mol. The fourth-order valence-corrected chi connectivity index (χ4v) is 3.86. The molecule has 1 saturated carbocycles. The van der Waals surface area contributed by atoms with Gasteiger partial charge in [-0.25, -0.2) is 4.68 Å². The zero-order valence-electron chi connectivity index (χ0n) is 14.1. The highest BCUT2D eigenvalue weighted by atomic mass is 35.5. The summed E-state index contributed by atoms with van der Waals surface area (Å²) >= 11 is 7.29. The standard InChI is InChI=1S/C17H22ClN5OS/c1-11-5-7-14(8-6-11)20-15(24)10-25-17-22-21-16(23(17)19)12-3-2-4-13(18)9-12/h2-4,9,11,14H,5-8,10,19H2,1H3,(H,20,24). The van der Waals surface area contributed by atoms with Gasteiger partial charge >= 0.3 is 0 Å². The highest BCUT2D eigenvalue weighted by molar-refractivity contribution is 7.99. The number of amides is 1. The molecule has 3 N–H and O–H groups in total. The fraction of sp³-hybridized carbons (Fsp3) is 0.471. The number of nitrogens with two attached hydrogens (primary N) is 1. The topological polar surface area (TPSA) is 85.8 Å². The predicted molar refractivity (Wildman–Crippen MR) is 101 cm³/mol. The Kier molecular flexibility index (Phi) is 5.86. The van der Waals surface area contributed by atoms with E-state index in [4.69, 9.17) is 17.4 Å². The Morgan fingerprint density at radius 1 is 1.36 bits per heavy atom. The number of carbonyl (C=O) groups excluding carboxylic acids is 1. The minimum atomic E-state index is 0.0110. The summed E-state index contributed by atoms with van der Waals surface area (Å²) in [6, 6.07) is 7.55. The summed E-state index contributed by atoms with van der Waals surface area (Å²) in [6.45, 7) is 2.26. The van der Waals surface area contributed by atoms with Crippen LogP contribution in [0.1, 0.15) is 32.6 Å². The molecule has 0 atom stereocenters. The van der Waals surface area contributed by atoms with Crippen LogP contribution in [0, 0.1) is 5.92 Å². The summed E-state index contributed by atoms with van der Waals surface area (Å²) in [5.74, 6) is 7.64. The van der Waals surface area contributed by atoms with E-state index in [1.807, 2.05) is 12.1 Å². The third-order valence-corrected chi connectivity index (χ3v) is 5.64. The molecular formula is C17H22ClN5OS. The van der Waals surface area contributed by atoms with Crippen LogP contribution in [0.4, 0.5) is 0 Å². The lowest BCUT2D eigenvalue weighted by molar-refractivity contribution is -0.119. The first-order valence-corrected chi connectivity index (χ1v) is 9.78. The van der Waals surface area contributed by atoms with Crippen LogP contribution in [0.5, 0.6) is 0 Å². The number of nitrogens with one attached hydrogen (secondary N) is 1.